The average Bonchev–Trinajstić information content (AvgIpc) is 3.76. The van der Waals surface area contributed by atoms with Crippen molar-refractivity contribution in [2.45, 2.75) is 50.9 Å². The third kappa shape index (κ3) is 7.48. The van der Waals surface area contributed by atoms with Crippen molar-refractivity contribution in [2.24, 2.45) is 0 Å². The number of carbonyl (C=O) groups is 2. The van der Waals surface area contributed by atoms with Gasteiger partial charge in [-0.25, -0.2) is 4.98 Å². The Morgan fingerprint density at radius 1 is 0.804 bits per heavy atom. The molecule has 5 heterocycles. The van der Waals surface area contributed by atoms with Crippen molar-refractivity contribution in [2.75, 3.05) is 20.2 Å². The van der Waals surface area contributed by atoms with Crippen LogP contribution in [0.5, 0.6) is 5.75 Å². The van der Waals surface area contributed by atoms with Gasteiger partial charge in [0.15, 0.2) is 0 Å². The van der Waals surface area contributed by atoms with Crippen LogP contribution in [-0.4, -0.2) is 58.5 Å². The summed E-state index contributed by atoms with van der Waals surface area (Å²) in [6.45, 7) is 2.21. The highest BCUT2D eigenvalue weighted by Gasteiger charge is 2.22. The van der Waals surface area contributed by atoms with Gasteiger partial charge in [0, 0.05) is 103 Å². The van der Waals surface area contributed by atoms with Gasteiger partial charge in [-0.3, -0.25) is 23.8 Å². The maximum atomic E-state index is 13.3. The first-order valence-corrected chi connectivity index (χ1v) is 17.7. The number of hydrogen-bond acceptors (Lipinski definition) is 8. The highest BCUT2D eigenvalue weighted by atomic mass is 35.5. The fraction of sp³-hybridized carbons (Fsp3) is 0.289. The fourth-order valence-electron chi connectivity index (χ4n) is 6.68. The van der Waals surface area contributed by atoms with Crippen LogP contribution >= 0.6 is 23.2 Å². The van der Waals surface area contributed by atoms with E-state index in [1.165, 1.54) is 4.40 Å². The molecule has 2 aliphatic heterocycles. The third-order valence-electron chi connectivity index (χ3n) is 9.41. The molecule has 2 aromatic carbocycles. The van der Waals surface area contributed by atoms with Crippen LogP contribution in [-0.2, 0) is 22.7 Å². The van der Waals surface area contributed by atoms with Crippen molar-refractivity contribution in [1.29, 1.82) is 0 Å². The number of pyridine rings is 2. The van der Waals surface area contributed by atoms with Crippen molar-refractivity contribution in [3.63, 3.8) is 0 Å². The second kappa shape index (κ2) is 15.2. The van der Waals surface area contributed by atoms with Gasteiger partial charge < -0.3 is 26.0 Å². The van der Waals surface area contributed by atoms with E-state index < -0.39 is 0 Å². The molecule has 0 bridgehead atoms. The Morgan fingerprint density at radius 2 is 1.49 bits per heavy atom. The highest BCUT2D eigenvalue weighted by molar-refractivity contribution is 6.39. The van der Waals surface area contributed by atoms with Crippen LogP contribution in [0.25, 0.3) is 39.2 Å². The minimum Gasteiger partial charge on any atom is -0.496 e. The van der Waals surface area contributed by atoms with Gasteiger partial charge in [0.05, 0.1) is 22.8 Å². The van der Waals surface area contributed by atoms with E-state index in [4.69, 9.17) is 27.9 Å². The molecule has 262 valence electrons. The summed E-state index contributed by atoms with van der Waals surface area (Å²) in [5, 5.41) is 13.5. The Labute approximate surface area is 304 Å². The quantitative estimate of drug-likeness (QED) is 0.139. The number of rotatable bonds is 12. The molecule has 3 aromatic heterocycles. The van der Waals surface area contributed by atoms with E-state index in [1.807, 2.05) is 54.6 Å². The maximum Gasteiger partial charge on any atom is 0.262 e. The number of amides is 2. The second-order valence-electron chi connectivity index (χ2n) is 12.8. The van der Waals surface area contributed by atoms with E-state index in [-0.39, 0.29) is 29.5 Å². The third-order valence-corrected chi connectivity index (χ3v) is 10.2. The number of fused-ring (bicyclic) bond motifs is 1. The second-order valence-corrected chi connectivity index (χ2v) is 13.6. The number of methoxy groups -OCH3 is 1. The van der Waals surface area contributed by atoms with E-state index >= 15 is 0 Å². The van der Waals surface area contributed by atoms with Crippen LogP contribution in [0.1, 0.15) is 36.8 Å². The highest BCUT2D eigenvalue weighted by Crippen LogP contribution is 2.42. The zero-order valence-corrected chi connectivity index (χ0v) is 29.5. The molecule has 0 aliphatic carbocycles. The number of aromatic nitrogens is 3. The largest absolute Gasteiger partial charge is 0.496 e. The van der Waals surface area contributed by atoms with Crippen molar-refractivity contribution < 1.29 is 14.3 Å². The Hall–Kier alpha value is -4.81. The molecule has 2 atom stereocenters. The van der Waals surface area contributed by atoms with Crippen molar-refractivity contribution >= 4 is 40.7 Å². The van der Waals surface area contributed by atoms with E-state index in [1.54, 1.807) is 25.7 Å². The summed E-state index contributed by atoms with van der Waals surface area (Å²) >= 11 is 14.2. The van der Waals surface area contributed by atoms with E-state index in [0.717, 1.165) is 46.2 Å². The summed E-state index contributed by atoms with van der Waals surface area (Å²) in [5.74, 6) is 0.857. The first-order valence-electron chi connectivity index (χ1n) is 16.9. The van der Waals surface area contributed by atoms with Crippen LogP contribution < -0.4 is 31.6 Å². The van der Waals surface area contributed by atoms with Gasteiger partial charge in [-0.15, -0.1) is 0 Å². The number of ether oxygens (including phenoxy) is 1. The molecule has 5 aromatic rings. The summed E-state index contributed by atoms with van der Waals surface area (Å²) in [7, 11) is 1.63. The van der Waals surface area contributed by atoms with Crippen LogP contribution in [0.4, 0.5) is 0 Å². The predicted molar refractivity (Wildman–Crippen MR) is 198 cm³/mol. The molecule has 2 amide bonds. The lowest BCUT2D eigenvalue weighted by atomic mass is 9.98. The lowest BCUT2D eigenvalue weighted by molar-refractivity contribution is -0.120. The first kappa shape index (κ1) is 34.6. The number of nitrogens with one attached hydrogen (secondary N) is 4. The molecule has 2 fully saturated rings. The van der Waals surface area contributed by atoms with Crippen molar-refractivity contribution in [3.8, 4) is 39.3 Å². The number of halogens is 2. The first-order chi connectivity index (χ1) is 24.8. The van der Waals surface area contributed by atoms with Gasteiger partial charge in [-0.2, -0.15) is 0 Å². The predicted octanol–water partition coefficient (Wildman–Crippen LogP) is 5.14. The Kier molecular flexibility index (Phi) is 10.3. The standard InChI is InChI=1S/C38H37Cl2N7O4/c1-51-31-15-23(5-6-24(31)17-41-20-26-7-9-33(48)45-26)37-36(40)30(11-13-43-37)29-4-2-3-28(35(29)39)22-12-14-47-32(16-22)44-19-25(38(47)50)18-42-21-27-8-10-34(49)46-27/h2-6,11-16,19,26-27,41-42H,7-10,17-18,20-21H2,1H3,(H,45,48)(H,46,49)/t26-,27-/m0/s1. The van der Waals surface area contributed by atoms with Gasteiger partial charge in [-0.05, 0) is 42.7 Å². The molecule has 0 saturated carbocycles. The van der Waals surface area contributed by atoms with Crippen molar-refractivity contribution in [1.82, 2.24) is 35.6 Å². The zero-order valence-electron chi connectivity index (χ0n) is 28.0. The molecule has 0 unspecified atom stereocenters. The van der Waals surface area contributed by atoms with Gasteiger partial charge in [0.2, 0.25) is 11.8 Å². The Balaban J connectivity index is 1.10. The van der Waals surface area contributed by atoms with Crippen molar-refractivity contribution in [3.05, 3.63) is 105 Å². The topological polar surface area (TPSA) is 139 Å². The summed E-state index contributed by atoms with van der Waals surface area (Å²) < 4.78 is 7.25. The lowest BCUT2D eigenvalue weighted by Crippen LogP contribution is -2.36. The molecule has 13 heteroatoms. The molecule has 4 N–H and O–H groups in total. The Bertz CT molecular complexity index is 2190. The molecular weight excluding hydrogens is 689 g/mol. The fourth-order valence-corrected chi connectivity index (χ4v) is 7.34. The van der Waals surface area contributed by atoms with Gasteiger partial charge in [0.25, 0.3) is 5.56 Å². The smallest absolute Gasteiger partial charge is 0.262 e. The van der Waals surface area contributed by atoms with Crippen LogP contribution in [0.3, 0.4) is 0 Å². The molecule has 2 saturated heterocycles. The summed E-state index contributed by atoms with van der Waals surface area (Å²) in [6, 6.07) is 17.4. The molecule has 0 spiro atoms. The summed E-state index contributed by atoms with van der Waals surface area (Å²) in [5.41, 5.74) is 6.25. The van der Waals surface area contributed by atoms with E-state index in [0.29, 0.717) is 71.7 Å². The maximum absolute atomic E-state index is 13.3. The number of hydrogen-bond donors (Lipinski definition) is 4. The molecule has 51 heavy (non-hydrogen) atoms. The SMILES string of the molecule is COc1cc(-c2nccc(-c3cccc(-c4ccn5c(=O)c(CNC[C@@H]6CCC(=O)N6)cnc5c4)c3Cl)c2Cl)ccc1CNC[C@@H]1CCC(=O)N1. The minimum atomic E-state index is -0.162. The molecular formula is C38H37Cl2N7O4. The Morgan fingerprint density at radius 3 is 2.18 bits per heavy atom. The minimum absolute atomic E-state index is 0.0604. The monoisotopic (exact) mass is 725 g/mol. The lowest BCUT2D eigenvalue weighted by Gasteiger charge is -2.16. The molecule has 0 radical (unpaired) electrons. The number of nitrogens with zero attached hydrogens (tertiary/aromatic N) is 3. The van der Waals surface area contributed by atoms with Crippen LogP contribution in [0, 0.1) is 0 Å². The number of carbonyl (C=O) groups excluding carboxylic acids is 2. The molecule has 7 rings (SSSR count). The van der Waals surface area contributed by atoms with Gasteiger partial charge in [-0.1, -0.05) is 53.5 Å². The summed E-state index contributed by atoms with van der Waals surface area (Å²) in [6.07, 6.45) is 7.73. The van der Waals surface area contributed by atoms with Gasteiger partial charge >= 0.3 is 0 Å². The average molecular weight is 727 g/mol. The molecule has 11 nitrogen and oxygen atoms in total. The summed E-state index contributed by atoms with van der Waals surface area (Å²) in [4.78, 5) is 45.4. The van der Waals surface area contributed by atoms with Gasteiger partial charge in [0.1, 0.15) is 11.4 Å². The molecule has 2 aliphatic rings. The normalized spacial score (nSPS) is 17.2. The zero-order chi connectivity index (χ0) is 35.5. The number of benzene rings is 2. The van der Waals surface area contributed by atoms with Crippen LogP contribution in [0.15, 0.2) is 78.0 Å². The van der Waals surface area contributed by atoms with E-state index in [9.17, 15) is 14.4 Å². The van der Waals surface area contributed by atoms with E-state index in [2.05, 4.69) is 31.2 Å². The van der Waals surface area contributed by atoms with Crippen LogP contribution in [0.2, 0.25) is 10.0 Å².